The van der Waals surface area contributed by atoms with Crippen LogP contribution >= 0.6 is 0 Å². The summed E-state index contributed by atoms with van der Waals surface area (Å²) in [5, 5.41) is 0. The van der Waals surface area contributed by atoms with Crippen molar-refractivity contribution in [2.45, 2.75) is 46.8 Å². The Kier molecular flexibility index (Phi) is 9.91. The quantitative estimate of drug-likeness (QED) is 0.418. The summed E-state index contributed by atoms with van der Waals surface area (Å²) in [5.74, 6) is -0.765. The Bertz CT molecular complexity index is 522. The standard InChI is InChI=1S/C20H30O6/c1-16(2)24-13-20(14-25-17(3)21,15-26-18(4)22)10-11-23-12-19-8-6-5-7-9-19/h5-9,16H,10-15H2,1-4H3. The Morgan fingerprint density at radius 2 is 1.54 bits per heavy atom. The summed E-state index contributed by atoms with van der Waals surface area (Å²) in [7, 11) is 0. The number of benzene rings is 1. The number of hydrogen-bond donors (Lipinski definition) is 0. The summed E-state index contributed by atoms with van der Waals surface area (Å²) in [6.45, 7) is 8.00. The maximum absolute atomic E-state index is 11.3. The lowest BCUT2D eigenvalue weighted by Crippen LogP contribution is -2.40. The van der Waals surface area contributed by atoms with Crippen LogP contribution in [0.5, 0.6) is 0 Å². The van der Waals surface area contributed by atoms with Crippen LogP contribution in [0.25, 0.3) is 0 Å². The molecule has 0 aromatic heterocycles. The monoisotopic (exact) mass is 366 g/mol. The van der Waals surface area contributed by atoms with E-state index in [-0.39, 0.29) is 31.3 Å². The zero-order valence-electron chi connectivity index (χ0n) is 16.2. The van der Waals surface area contributed by atoms with Gasteiger partial charge in [-0.15, -0.1) is 0 Å². The highest BCUT2D eigenvalue weighted by atomic mass is 16.6. The maximum atomic E-state index is 11.3. The minimum atomic E-state index is -0.641. The van der Waals surface area contributed by atoms with Crippen molar-refractivity contribution >= 4 is 11.9 Å². The predicted octanol–water partition coefficient (Wildman–Crippen LogP) is 3.13. The Morgan fingerprint density at radius 1 is 0.962 bits per heavy atom. The van der Waals surface area contributed by atoms with Crippen LogP contribution in [0.1, 0.15) is 39.7 Å². The Hall–Kier alpha value is -1.92. The van der Waals surface area contributed by atoms with Crippen LogP contribution in [0.15, 0.2) is 30.3 Å². The van der Waals surface area contributed by atoms with Crippen LogP contribution in [0, 0.1) is 5.41 Å². The van der Waals surface area contributed by atoms with E-state index in [2.05, 4.69) is 0 Å². The van der Waals surface area contributed by atoms with Crippen LogP contribution in [0.4, 0.5) is 0 Å². The minimum absolute atomic E-state index is 0.00858. The van der Waals surface area contributed by atoms with E-state index >= 15 is 0 Å². The van der Waals surface area contributed by atoms with Gasteiger partial charge in [-0.2, -0.15) is 0 Å². The fourth-order valence-corrected chi connectivity index (χ4v) is 2.25. The summed E-state index contributed by atoms with van der Waals surface area (Å²) >= 11 is 0. The first-order valence-electron chi connectivity index (χ1n) is 8.83. The van der Waals surface area contributed by atoms with Crippen molar-refractivity contribution in [2.75, 3.05) is 26.4 Å². The second kappa shape index (κ2) is 11.6. The van der Waals surface area contributed by atoms with Crippen LogP contribution in [0.3, 0.4) is 0 Å². The molecule has 0 radical (unpaired) electrons. The molecule has 146 valence electrons. The molecule has 0 heterocycles. The molecule has 0 saturated heterocycles. The molecule has 26 heavy (non-hydrogen) atoms. The van der Waals surface area contributed by atoms with E-state index in [4.69, 9.17) is 18.9 Å². The number of carbonyl (C=O) groups excluding carboxylic acids is 2. The number of rotatable bonds is 12. The Balaban J connectivity index is 2.69. The smallest absolute Gasteiger partial charge is 0.302 e. The van der Waals surface area contributed by atoms with Crippen molar-refractivity contribution in [3.05, 3.63) is 35.9 Å². The number of hydrogen-bond acceptors (Lipinski definition) is 6. The Labute approximate surface area is 155 Å². The summed E-state index contributed by atoms with van der Waals surface area (Å²) in [4.78, 5) is 22.6. The average Bonchev–Trinajstić information content (AvgIpc) is 2.60. The van der Waals surface area contributed by atoms with Crippen molar-refractivity contribution in [2.24, 2.45) is 5.41 Å². The molecule has 1 rings (SSSR count). The molecule has 1 aromatic rings. The van der Waals surface area contributed by atoms with Crippen LogP contribution in [-0.2, 0) is 35.1 Å². The van der Waals surface area contributed by atoms with Crippen molar-refractivity contribution in [3.63, 3.8) is 0 Å². The molecule has 6 nitrogen and oxygen atoms in total. The van der Waals surface area contributed by atoms with Gasteiger partial charge in [-0.3, -0.25) is 9.59 Å². The van der Waals surface area contributed by atoms with Crippen molar-refractivity contribution < 1.29 is 28.5 Å². The van der Waals surface area contributed by atoms with Gasteiger partial charge in [0.15, 0.2) is 0 Å². The molecule has 0 fully saturated rings. The minimum Gasteiger partial charge on any atom is -0.465 e. The third-order valence-corrected chi connectivity index (χ3v) is 3.77. The lowest BCUT2D eigenvalue weighted by Gasteiger charge is -2.33. The van der Waals surface area contributed by atoms with Gasteiger partial charge in [0.25, 0.3) is 0 Å². The molecule has 0 saturated carbocycles. The van der Waals surface area contributed by atoms with E-state index in [1.54, 1.807) is 0 Å². The van der Waals surface area contributed by atoms with Gasteiger partial charge in [0.2, 0.25) is 0 Å². The third-order valence-electron chi connectivity index (χ3n) is 3.77. The van der Waals surface area contributed by atoms with Gasteiger partial charge < -0.3 is 18.9 Å². The molecule has 0 spiro atoms. The highest BCUT2D eigenvalue weighted by Gasteiger charge is 2.34. The second-order valence-electron chi connectivity index (χ2n) is 6.71. The summed E-state index contributed by atoms with van der Waals surface area (Å²) in [6, 6.07) is 9.86. The molecule has 0 unspecified atom stereocenters. The number of esters is 2. The molecule has 1 aromatic carbocycles. The van der Waals surface area contributed by atoms with E-state index in [9.17, 15) is 9.59 Å². The highest BCUT2D eigenvalue weighted by Crippen LogP contribution is 2.26. The van der Waals surface area contributed by atoms with Gasteiger partial charge in [0.1, 0.15) is 13.2 Å². The predicted molar refractivity (Wildman–Crippen MR) is 97.5 cm³/mol. The fourth-order valence-electron chi connectivity index (χ4n) is 2.25. The van der Waals surface area contributed by atoms with Crippen LogP contribution in [-0.4, -0.2) is 44.5 Å². The lowest BCUT2D eigenvalue weighted by molar-refractivity contribution is -0.157. The molecular weight excluding hydrogens is 336 g/mol. The van der Waals surface area contributed by atoms with Crippen LogP contribution < -0.4 is 0 Å². The molecule has 0 atom stereocenters. The van der Waals surface area contributed by atoms with Gasteiger partial charge in [-0.25, -0.2) is 0 Å². The number of ether oxygens (including phenoxy) is 4. The molecular formula is C20H30O6. The molecule has 0 N–H and O–H groups in total. The van der Waals surface area contributed by atoms with Gasteiger partial charge >= 0.3 is 11.9 Å². The maximum Gasteiger partial charge on any atom is 0.302 e. The van der Waals surface area contributed by atoms with Gasteiger partial charge in [0, 0.05) is 20.5 Å². The third kappa shape index (κ3) is 9.53. The number of carbonyl (C=O) groups is 2. The molecule has 0 aliphatic rings. The summed E-state index contributed by atoms with van der Waals surface area (Å²) in [5.41, 5.74) is 0.440. The summed E-state index contributed by atoms with van der Waals surface area (Å²) in [6.07, 6.45) is 0.543. The molecule has 0 aliphatic carbocycles. The van der Waals surface area contributed by atoms with Crippen molar-refractivity contribution in [1.82, 2.24) is 0 Å². The zero-order valence-corrected chi connectivity index (χ0v) is 16.2. The average molecular weight is 366 g/mol. The fraction of sp³-hybridized carbons (Fsp3) is 0.600. The second-order valence-corrected chi connectivity index (χ2v) is 6.71. The topological polar surface area (TPSA) is 71.1 Å². The van der Waals surface area contributed by atoms with E-state index in [0.29, 0.717) is 26.2 Å². The van der Waals surface area contributed by atoms with Gasteiger partial charge in [0.05, 0.1) is 24.7 Å². The Morgan fingerprint density at radius 3 is 2.04 bits per heavy atom. The normalized spacial score (nSPS) is 11.4. The summed E-state index contributed by atoms with van der Waals surface area (Å²) < 4.78 is 22.0. The van der Waals surface area contributed by atoms with Crippen LogP contribution in [0.2, 0.25) is 0 Å². The SMILES string of the molecule is CC(=O)OCC(CCOCc1ccccc1)(COC(C)=O)COC(C)C. The molecule has 0 amide bonds. The zero-order chi connectivity index (χ0) is 19.4. The van der Waals surface area contributed by atoms with E-state index < -0.39 is 5.41 Å². The van der Waals surface area contributed by atoms with E-state index in [1.165, 1.54) is 13.8 Å². The molecule has 6 heteroatoms. The first kappa shape index (κ1) is 22.1. The highest BCUT2D eigenvalue weighted by molar-refractivity contribution is 5.66. The van der Waals surface area contributed by atoms with Gasteiger partial charge in [-0.1, -0.05) is 30.3 Å². The first-order valence-corrected chi connectivity index (χ1v) is 8.83. The van der Waals surface area contributed by atoms with E-state index in [1.807, 2.05) is 44.2 Å². The van der Waals surface area contributed by atoms with E-state index in [0.717, 1.165) is 5.56 Å². The largest absolute Gasteiger partial charge is 0.465 e. The molecule has 0 aliphatic heterocycles. The van der Waals surface area contributed by atoms with Crippen molar-refractivity contribution in [1.29, 1.82) is 0 Å². The van der Waals surface area contributed by atoms with Gasteiger partial charge in [-0.05, 0) is 25.8 Å². The van der Waals surface area contributed by atoms with Crippen molar-refractivity contribution in [3.8, 4) is 0 Å². The first-order chi connectivity index (χ1) is 12.3. The molecule has 0 bridgehead atoms. The lowest BCUT2D eigenvalue weighted by atomic mass is 9.87.